The summed E-state index contributed by atoms with van der Waals surface area (Å²) in [6.07, 6.45) is 2.22. The molecule has 0 saturated carbocycles. The fourth-order valence-corrected chi connectivity index (χ4v) is 4.33. The number of nitrogens with zero attached hydrogens (tertiary/aromatic N) is 3. The number of rotatable bonds is 1. The van der Waals surface area contributed by atoms with Crippen LogP contribution in [0.1, 0.15) is 12.5 Å². The van der Waals surface area contributed by atoms with Crippen molar-refractivity contribution in [2.75, 3.05) is 17.2 Å². The van der Waals surface area contributed by atoms with Crippen LogP contribution in [0.2, 0.25) is 0 Å². The molecule has 1 atom stereocenters. The molecular formula is C10H11BrN4O2S. The third-order valence-corrected chi connectivity index (χ3v) is 5.28. The summed E-state index contributed by atoms with van der Waals surface area (Å²) in [4.78, 5) is 8.49. The highest BCUT2D eigenvalue weighted by atomic mass is 79.9. The lowest BCUT2D eigenvalue weighted by atomic mass is 10.2. The molecule has 2 aromatic heterocycles. The number of hydrogen-bond donors (Lipinski definition) is 1. The molecule has 0 radical (unpaired) electrons. The molecule has 0 aliphatic carbocycles. The number of aromatic nitrogens is 3. The number of nitrogens with two attached hydrogens (primary N) is 1. The molecule has 3 rings (SSSR count). The minimum Gasteiger partial charge on any atom is -0.369 e. The zero-order valence-electron chi connectivity index (χ0n) is 9.38. The number of pyridine rings is 1. The molecule has 1 aliphatic rings. The normalized spacial score (nSPS) is 22.6. The summed E-state index contributed by atoms with van der Waals surface area (Å²) in [5, 5.41) is 0. The summed E-state index contributed by atoms with van der Waals surface area (Å²) in [7, 11) is -2.96. The standard InChI is InChI=1S/C10H11BrN4O2S/c11-6-3-8-9(13-4-6)15(10(12)14-8)7-1-2-18(16,17)5-7/h3-4,7H,1-2,5H2,(H2,12,14). The van der Waals surface area contributed by atoms with E-state index in [9.17, 15) is 8.42 Å². The monoisotopic (exact) mass is 330 g/mol. The van der Waals surface area contributed by atoms with E-state index in [1.54, 1.807) is 10.8 Å². The van der Waals surface area contributed by atoms with E-state index in [2.05, 4.69) is 25.9 Å². The van der Waals surface area contributed by atoms with Gasteiger partial charge in [0.15, 0.2) is 15.5 Å². The molecule has 0 bridgehead atoms. The van der Waals surface area contributed by atoms with Gasteiger partial charge in [0.1, 0.15) is 5.52 Å². The Balaban J connectivity index is 2.15. The van der Waals surface area contributed by atoms with Crippen LogP contribution in [0, 0.1) is 0 Å². The van der Waals surface area contributed by atoms with Crippen LogP contribution in [0.3, 0.4) is 0 Å². The predicted molar refractivity (Wildman–Crippen MR) is 71.9 cm³/mol. The maximum absolute atomic E-state index is 11.5. The molecule has 1 saturated heterocycles. The first-order valence-electron chi connectivity index (χ1n) is 5.46. The summed E-state index contributed by atoms with van der Waals surface area (Å²) in [6.45, 7) is 0. The molecule has 1 fully saturated rings. The first-order valence-corrected chi connectivity index (χ1v) is 8.07. The van der Waals surface area contributed by atoms with E-state index in [1.165, 1.54) is 0 Å². The van der Waals surface area contributed by atoms with Crippen LogP contribution in [-0.2, 0) is 9.84 Å². The molecule has 2 aromatic rings. The smallest absolute Gasteiger partial charge is 0.202 e. The van der Waals surface area contributed by atoms with Gasteiger partial charge in [-0.15, -0.1) is 0 Å². The summed E-state index contributed by atoms with van der Waals surface area (Å²) < 4.78 is 25.6. The van der Waals surface area contributed by atoms with Gasteiger partial charge < -0.3 is 5.73 Å². The number of imidazole rings is 1. The highest BCUT2D eigenvalue weighted by Gasteiger charge is 2.31. The van der Waals surface area contributed by atoms with E-state index < -0.39 is 9.84 Å². The van der Waals surface area contributed by atoms with Gasteiger partial charge in [0, 0.05) is 10.7 Å². The number of halogens is 1. The van der Waals surface area contributed by atoms with Gasteiger partial charge in [-0.2, -0.15) is 0 Å². The maximum Gasteiger partial charge on any atom is 0.202 e. The average molecular weight is 331 g/mol. The van der Waals surface area contributed by atoms with E-state index in [1.807, 2.05) is 6.07 Å². The lowest BCUT2D eigenvalue weighted by Crippen LogP contribution is -2.13. The van der Waals surface area contributed by atoms with Gasteiger partial charge in [-0.3, -0.25) is 4.57 Å². The van der Waals surface area contributed by atoms with E-state index in [0.717, 1.165) is 4.47 Å². The number of anilines is 1. The van der Waals surface area contributed by atoms with Crippen LogP contribution in [-0.4, -0.2) is 34.5 Å². The van der Waals surface area contributed by atoms with Crippen molar-refractivity contribution in [3.63, 3.8) is 0 Å². The van der Waals surface area contributed by atoms with E-state index in [4.69, 9.17) is 5.73 Å². The lowest BCUT2D eigenvalue weighted by Gasteiger charge is -2.11. The minimum atomic E-state index is -2.96. The molecule has 0 aromatic carbocycles. The summed E-state index contributed by atoms with van der Waals surface area (Å²) in [6, 6.07) is 1.66. The summed E-state index contributed by atoms with van der Waals surface area (Å²) in [5.41, 5.74) is 7.18. The van der Waals surface area contributed by atoms with Crippen LogP contribution in [0.25, 0.3) is 11.2 Å². The Hall–Kier alpha value is -1.15. The molecule has 3 heterocycles. The fraction of sp³-hybridized carbons (Fsp3) is 0.400. The Morgan fingerprint density at radius 1 is 1.50 bits per heavy atom. The van der Waals surface area contributed by atoms with Crippen molar-refractivity contribution in [1.29, 1.82) is 0 Å². The van der Waals surface area contributed by atoms with Crippen LogP contribution < -0.4 is 5.73 Å². The Kier molecular flexibility index (Phi) is 2.60. The molecule has 2 N–H and O–H groups in total. The van der Waals surface area contributed by atoms with E-state index >= 15 is 0 Å². The average Bonchev–Trinajstić information content (AvgIpc) is 2.77. The highest BCUT2D eigenvalue weighted by Crippen LogP contribution is 2.30. The Morgan fingerprint density at radius 2 is 2.28 bits per heavy atom. The fourth-order valence-electron chi connectivity index (χ4n) is 2.31. The molecule has 96 valence electrons. The maximum atomic E-state index is 11.5. The van der Waals surface area contributed by atoms with Crippen molar-refractivity contribution < 1.29 is 8.42 Å². The zero-order valence-corrected chi connectivity index (χ0v) is 11.8. The van der Waals surface area contributed by atoms with Crippen molar-refractivity contribution in [1.82, 2.24) is 14.5 Å². The Bertz CT molecular complexity index is 725. The first kappa shape index (κ1) is 11.9. The molecule has 1 aliphatic heterocycles. The van der Waals surface area contributed by atoms with Gasteiger partial charge in [0.25, 0.3) is 0 Å². The number of nitrogen functional groups attached to an aromatic ring is 1. The third-order valence-electron chi connectivity index (χ3n) is 3.10. The summed E-state index contributed by atoms with van der Waals surface area (Å²) >= 11 is 3.32. The van der Waals surface area contributed by atoms with Gasteiger partial charge in [-0.25, -0.2) is 18.4 Å². The van der Waals surface area contributed by atoms with Crippen LogP contribution in [0.15, 0.2) is 16.7 Å². The predicted octanol–water partition coefficient (Wildman–Crippen LogP) is 1.14. The van der Waals surface area contributed by atoms with Crippen molar-refractivity contribution >= 4 is 42.9 Å². The van der Waals surface area contributed by atoms with E-state index in [0.29, 0.717) is 23.5 Å². The van der Waals surface area contributed by atoms with Gasteiger partial charge in [-0.05, 0) is 28.4 Å². The third kappa shape index (κ3) is 1.89. The second kappa shape index (κ2) is 3.92. The van der Waals surface area contributed by atoms with Crippen molar-refractivity contribution in [3.8, 4) is 0 Å². The van der Waals surface area contributed by atoms with Crippen LogP contribution in [0.5, 0.6) is 0 Å². The second-order valence-corrected chi connectivity index (χ2v) is 7.54. The van der Waals surface area contributed by atoms with Crippen LogP contribution >= 0.6 is 15.9 Å². The second-order valence-electron chi connectivity index (χ2n) is 4.39. The molecule has 1 unspecified atom stereocenters. The van der Waals surface area contributed by atoms with Crippen molar-refractivity contribution in [2.45, 2.75) is 12.5 Å². The molecule has 8 heteroatoms. The minimum absolute atomic E-state index is 0.112. The largest absolute Gasteiger partial charge is 0.369 e. The topological polar surface area (TPSA) is 90.9 Å². The van der Waals surface area contributed by atoms with Gasteiger partial charge >= 0.3 is 0 Å². The number of hydrogen-bond acceptors (Lipinski definition) is 5. The molecule has 6 nitrogen and oxygen atoms in total. The van der Waals surface area contributed by atoms with Gasteiger partial charge in [0.05, 0.1) is 17.5 Å². The lowest BCUT2D eigenvalue weighted by molar-refractivity contribution is 0.572. The molecule has 18 heavy (non-hydrogen) atoms. The Morgan fingerprint density at radius 3 is 2.94 bits per heavy atom. The molecule has 0 amide bonds. The van der Waals surface area contributed by atoms with E-state index in [-0.39, 0.29) is 17.5 Å². The Labute approximate surface area is 112 Å². The van der Waals surface area contributed by atoms with Crippen molar-refractivity contribution in [3.05, 3.63) is 16.7 Å². The molecule has 0 spiro atoms. The SMILES string of the molecule is Nc1nc2cc(Br)cnc2n1C1CCS(=O)(=O)C1. The first-order chi connectivity index (χ1) is 8.46. The quantitative estimate of drug-likeness (QED) is 0.846. The molecular weight excluding hydrogens is 320 g/mol. The highest BCUT2D eigenvalue weighted by molar-refractivity contribution is 9.10. The van der Waals surface area contributed by atoms with Crippen LogP contribution in [0.4, 0.5) is 5.95 Å². The number of sulfone groups is 1. The van der Waals surface area contributed by atoms with Crippen molar-refractivity contribution in [2.24, 2.45) is 0 Å². The van der Waals surface area contributed by atoms with Gasteiger partial charge in [0.2, 0.25) is 5.95 Å². The summed E-state index contributed by atoms with van der Waals surface area (Å²) in [5.74, 6) is 0.631. The van der Waals surface area contributed by atoms with Gasteiger partial charge in [-0.1, -0.05) is 0 Å². The number of fused-ring (bicyclic) bond motifs is 1. The zero-order chi connectivity index (χ0) is 12.9.